The molecule has 22 heavy (non-hydrogen) atoms. The van der Waals surface area contributed by atoms with Gasteiger partial charge in [0.05, 0.1) is 6.10 Å². The van der Waals surface area contributed by atoms with E-state index in [9.17, 15) is 4.79 Å². The normalized spacial score (nSPS) is 31.7. The maximum atomic E-state index is 12.5. The lowest BCUT2D eigenvalue weighted by Crippen LogP contribution is -2.66. The molecule has 0 radical (unpaired) electrons. The standard InChI is InChI=1S/C18H32N2O2/c1-13(2)20-12-16(22-3)17(20)14-8-10-19(11-9-14)18(21)15-6-4-5-7-15/h13-17H,4-12H2,1-3H3/t16-,17-/m0/s1. The van der Waals surface area contributed by atoms with Crippen molar-refractivity contribution in [3.05, 3.63) is 0 Å². The first-order valence-electron chi connectivity index (χ1n) is 9.19. The summed E-state index contributed by atoms with van der Waals surface area (Å²) in [6.07, 6.45) is 7.41. The van der Waals surface area contributed by atoms with Crippen molar-refractivity contribution in [2.24, 2.45) is 11.8 Å². The van der Waals surface area contributed by atoms with Crippen LogP contribution in [0.1, 0.15) is 52.4 Å². The highest BCUT2D eigenvalue weighted by Gasteiger charge is 2.46. The van der Waals surface area contributed by atoms with Crippen molar-refractivity contribution in [3.63, 3.8) is 0 Å². The van der Waals surface area contributed by atoms with Crippen LogP contribution >= 0.6 is 0 Å². The van der Waals surface area contributed by atoms with Crippen LogP contribution in [0, 0.1) is 11.8 Å². The van der Waals surface area contributed by atoms with Gasteiger partial charge < -0.3 is 9.64 Å². The Labute approximate surface area is 135 Å². The van der Waals surface area contributed by atoms with Crippen molar-refractivity contribution in [1.82, 2.24) is 9.80 Å². The number of rotatable bonds is 4. The molecule has 2 atom stereocenters. The highest BCUT2D eigenvalue weighted by Crippen LogP contribution is 2.36. The molecule has 0 aromatic rings. The van der Waals surface area contributed by atoms with E-state index in [-0.39, 0.29) is 0 Å². The Morgan fingerprint density at radius 1 is 1.09 bits per heavy atom. The van der Waals surface area contributed by atoms with Crippen LogP contribution in [-0.4, -0.2) is 60.6 Å². The molecule has 0 aromatic carbocycles. The van der Waals surface area contributed by atoms with Gasteiger partial charge >= 0.3 is 0 Å². The summed E-state index contributed by atoms with van der Waals surface area (Å²) < 4.78 is 5.67. The summed E-state index contributed by atoms with van der Waals surface area (Å²) in [5, 5.41) is 0. The fourth-order valence-corrected chi connectivity index (χ4v) is 4.75. The maximum absolute atomic E-state index is 12.5. The zero-order chi connectivity index (χ0) is 15.7. The molecular formula is C18H32N2O2. The molecule has 0 N–H and O–H groups in total. The minimum Gasteiger partial charge on any atom is -0.378 e. The number of nitrogens with zero attached hydrogens (tertiary/aromatic N) is 2. The van der Waals surface area contributed by atoms with Crippen molar-refractivity contribution in [1.29, 1.82) is 0 Å². The van der Waals surface area contributed by atoms with Crippen LogP contribution < -0.4 is 0 Å². The van der Waals surface area contributed by atoms with E-state index in [2.05, 4.69) is 23.6 Å². The number of methoxy groups -OCH3 is 1. The molecule has 1 aliphatic carbocycles. The van der Waals surface area contributed by atoms with Crippen molar-refractivity contribution in [2.45, 2.75) is 70.6 Å². The molecular weight excluding hydrogens is 276 g/mol. The molecule has 1 amide bonds. The zero-order valence-corrected chi connectivity index (χ0v) is 14.5. The second-order valence-electron chi connectivity index (χ2n) is 7.70. The Bertz CT molecular complexity index is 385. The van der Waals surface area contributed by atoms with Gasteiger partial charge in [0.2, 0.25) is 5.91 Å². The summed E-state index contributed by atoms with van der Waals surface area (Å²) in [6.45, 7) is 7.53. The lowest BCUT2D eigenvalue weighted by molar-refractivity contribution is -0.143. The minimum atomic E-state index is 0.333. The van der Waals surface area contributed by atoms with E-state index in [1.807, 2.05) is 7.11 Å². The van der Waals surface area contributed by atoms with Gasteiger partial charge in [-0.05, 0) is 45.4 Å². The van der Waals surface area contributed by atoms with E-state index in [4.69, 9.17) is 4.74 Å². The van der Waals surface area contributed by atoms with Crippen molar-refractivity contribution in [2.75, 3.05) is 26.7 Å². The van der Waals surface area contributed by atoms with Gasteiger partial charge in [-0.1, -0.05) is 12.8 Å². The van der Waals surface area contributed by atoms with E-state index in [0.717, 1.165) is 45.3 Å². The molecule has 0 aromatic heterocycles. The fourth-order valence-electron chi connectivity index (χ4n) is 4.75. The lowest BCUT2D eigenvalue weighted by atomic mass is 9.79. The van der Waals surface area contributed by atoms with Crippen LogP contribution in [-0.2, 0) is 9.53 Å². The van der Waals surface area contributed by atoms with Crippen LogP contribution in [0.25, 0.3) is 0 Å². The number of hydrogen-bond donors (Lipinski definition) is 0. The Morgan fingerprint density at radius 3 is 2.27 bits per heavy atom. The third kappa shape index (κ3) is 3.05. The number of hydrogen-bond acceptors (Lipinski definition) is 3. The predicted molar refractivity (Wildman–Crippen MR) is 87.7 cm³/mol. The maximum Gasteiger partial charge on any atom is 0.225 e. The van der Waals surface area contributed by atoms with E-state index in [0.29, 0.717) is 35.9 Å². The molecule has 4 nitrogen and oxygen atoms in total. The monoisotopic (exact) mass is 308 g/mol. The van der Waals surface area contributed by atoms with Crippen LogP contribution in [0.15, 0.2) is 0 Å². The first-order chi connectivity index (χ1) is 10.6. The van der Waals surface area contributed by atoms with Crippen molar-refractivity contribution >= 4 is 5.91 Å². The second kappa shape index (κ2) is 6.88. The molecule has 2 aliphatic heterocycles. The van der Waals surface area contributed by atoms with Gasteiger partial charge in [0.15, 0.2) is 0 Å². The molecule has 4 heteroatoms. The quantitative estimate of drug-likeness (QED) is 0.800. The third-order valence-electron chi connectivity index (χ3n) is 6.16. The summed E-state index contributed by atoms with van der Waals surface area (Å²) in [5.74, 6) is 1.46. The Kier molecular flexibility index (Phi) is 5.08. The van der Waals surface area contributed by atoms with E-state index in [1.54, 1.807) is 0 Å². The van der Waals surface area contributed by atoms with Gasteiger partial charge in [0.1, 0.15) is 0 Å². The van der Waals surface area contributed by atoms with Crippen LogP contribution in [0.3, 0.4) is 0 Å². The molecule has 2 saturated heterocycles. The molecule has 0 bridgehead atoms. The molecule has 3 fully saturated rings. The van der Waals surface area contributed by atoms with Crippen molar-refractivity contribution in [3.8, 4) is 0 Å². The van der Waals surface area contributed by atoms with Gasteiger partial charge in [-0.15, -0.1) is 0 Å². The van der Waals surface area contributed by atoms with Gasteiger partial charge in [-0.3, -0.25) is 9.69 Å². The molecule has 1 saturated carbocycles. The third-order valence-corrected chi connectivity index (χ3v) is 6.16. The van der Waals surface area contributed by atoms with Gasteiger partial charge in [-0.2, -0.15) is 0 Å². The Hall–Kier alpha value is -0.610. The molecule has 0 spiro atoms. The summed E-state index contributed by atoms with van der Waals surface area (Å²) in [5.41, 5.74) is 0. The molecule has 0 unspecified atom stereocenters. The highest BCUT2D eigenvalue weighted by molar-refractivity contribution is 5.79. The predicted octanol–water partition coefficient (Wildman–Crippen LogP) is 2.52. The van der Waals surface area contributed by atoms with Crippen LogP contribution in [0.5, 0.6) is 0 Å². The largest absolute Gasteiger partial charge is 0.378 e. The van der Waals surface area contributed by atoms with Crippen LogP contribution in [0.2, 0.25) is 0 Å². The fraction of sp³-hybridized carbons (Fsp3) is 0.944. The number of likely N-dealkylation sites (tertiary alicyclic amines) is 2. The molecule has 126 valence electrons. The second-order valence-corrected chi connectivity index (χ2v) is 7.70. The minimum absolute atomic E-state index is 0.333. The van der Waals surface area contributed by atoms with E-state index >= 15 is 0 Å². The summed E-state index contributed by atoms with van der Waals surface area (Å²) in [7, 11) is 1.84. The molecule has 3 aliphatic rings. The lowest BCUT2D eigenvalue weighted by Gasteiger charge is -2.54. The summed E-state index contributed by atoms with van der Waals surface area (Å²) in [4.78, 5) is 17.3. The Morgan fingerprint density at radius 2 is 1.73 bits per heavy atom. The van der Waals surface area contributed by atoms with Crippen molar-refractivity contribution < 1.29 is 9.53 Å². The number of carbonyl (C=O) groups is 1. The van der Waals surface area contributed by atoms with Crippen LogP contribution in [0.4, 0.5) is 0 Å². The zero-order valence-electron chi connectivity index (χ0n) is 14.5. The van der Waals surface area contributed by atoms with Gasteiger partial charge in [0.25, 0.3) is 0 Å². The molecule has 3 rings (SSSR count). The molecule has 2 heterocycles. The van der Waals surface area contributed by atoms with Gasteiger partial charge in [0, 0.05) is 44.7 Å². The average molecular weight is 308 g/mol. The summed E-state index contributed by atoms with van der Waals surface area (Å²) >= 11 is 0. The highest BCUT2D eigenvalue weighted by atomic mass is 16.5. The van der Waals surface area contributed by atoms with E-state index in [1.165, 1.54) is 12.8 Å². The summed E-state index contributed by atoms with van der Waals surface area (Å²) in [6, 6.07) is 1.16. The smallest absolute Gasteiger partial charge is 0.225 e. The number of piperidine rings is 1. The van der Waals surface area contributed by atoms with E-state index < -0.39 is 0 Å². The number of ether oxygens (including phenoxy) is 1. The first kappa shape index (κ1) is 16.3. The van der Waals surface area contributed by atoms with Gasteiger partial charge in [-0.25, -0.2) is 0 Å². The number of amides is 1. The number of carbonyl (C=O) groups excluding carboxylic acids is 1. The Balaban J connectivity index is 1.53. The topological polar surface area (TPSA) is 32.8 Å². The first-order valence-corrected chi connectivity index (χ1v) is 9.19. The average Bonchev–Trinajstić information content (AvgIpc) is 3.00. The SMILES string of the molecule is CO[C@H]1CN(C(C)C)[C@H]1C1CCN(C(=O)C2CCCC2)CC1.